The van der Waals surface area contributed by atoms with E-state index in [1.165, 1.54) is 0 Å². The van der Waals surface area contributed by atoms with Crippen LogP contribution in [0.1, 0.15) is 27.2 Å². The highest BCUT2D eigenvalue weighted by atomic mass is 79.9. The average molecular weight is 288 g/mol. The van der Waals surface area contributed by atoms with E-state index in [1.807, 2.05) is 6.92 Å². The number of hydrogen-bond acceptors (Lipinski definition) is 4. The van der Waals surface area contributed by atoms with Gasteiger partial charge in [0.15, 0.2) is 0 Å². The predicted molar refractivity (Wildman–Crippen MR) is 67.3 cm³/mol. The van der Waals surface area contributed by atoms with Gasteiger partial charge in [-0.1, -0.05) is 13.8 Å². The lowest BCUT2D eigenvalue weighted by Gasteiger charge is -2.25. The molecular formula is C11H18BrN3O. The molecule has 0 spiro atoms. The summed E-state index contributed by atoms with van der Waals surface area (Å²) in [5, 5.41) is 0. The van der Waals surface area contributed by atoms with E-state index in [0.29, 0.717) is 18.5 Å². The van der Waals surface area contributed by atoms with Gasteiger partial charge in [-0.3, -0.25) is 0 Å². The molecule has 0 bridgehead atoms. The minimum absolute atomic E-state index is 0.343. The molecule has 0 aliphatic carbocycles. The molecule has 1 aromatic rings. The molecule has 0 radical (unpaired) electrons. The molecule has 2 N–H and O–H groups in total. The van der Waals surface area contributed by atoms with Gasteiger partial charge in [0.05, 0.1) is 4.47 Å². The first-order valence-electron chi connectivity index (χ1n) is 5.28. The summed E-state index contributed by atoms with van der Waals surface area (Å²) >= 11 is 3.26. The SMILES string of the molecule is CC(C)C[C@](C)(N)COc1ncc(Br)cn1. The number of nitrogens with two attached hydrogens (primary N) is 1. The lowest BCUT2D eigenvalue weighted by atomic mass is 9.93. The molecule has 0 saturated heterocycles. The summed E-state index contributed by atoms with van der Waals surface area (Å²) in [6, 6.07) is 0.364. The molecule has 0 unspecified atom stereocenters. The number of hydrogen-bond donors (Lipinski definition) is 1. The summed E-state index contributed by atoms with van der Waals surface area (Å²) in [4.78, 5) is 8.05. The van der Waals surface area contributed by atoms with Crippen molar-refractivity contribution in [2.24, 2.45) is 11.7 Å². The van der Waals surface area contributed by atoms with E-state index in [-0.39, 0.29) is 5.54 Å². The van der Waals surface area contributed by atoms with Crippen molar-refractivity contribution in [3.8, 4) is 6.01 Å². The van der Waals surface area contributed by atoms with E-state index in [2.05, 4.69) is 39.7 Å². The monoisotopic (exact) mass is 287 g/mol. The number of rotatable bonds is 5. The Labute approximate surface area is 105 Å². The van der Waals surface area contributed by atoms with Gasteiger partial charge >= 0.3 is 6.01 Å². The van der Waals surface area contributed by atoms with Crippen molar-refractivity contribution in [2.75, 3.05) is 6.61 Å². The normalized spacial score (nSPS) is 14.9. The Morgan fingerprint density at radius 2 is 2.00 bits per heavy atom. The predicted octanol–water partition coefficient (Wildman–Crippen LogP) is 2.38. The van der Waals surface area contributed by atoms with Gasteiger partial charge in [0.2, 0.25) is 0 Å². The van der Waals surface area contributed by atoms with Crippen LogP contribution in [0.25, 0.3) is 0 Å². The summed E-state index contributed by atoms with van der Waals surface area (Å²) in [5.74, 6) is 0.546. The zero-order chi connectivity index (χ0) is 12.2. The third kappa shape index (κ3) is 4.90. The number of nitrogens with zero attached hydrogens (tertiary/aromatic N) is 2. The van der Waals surface area contributed by atoms with Gasteiger partial charge in [-0.25, -0.2) is 9.97 Å². The molecule has 5 heteroatoms. The maximum absolute atomic E-state index is 6.11. The van der Waals surface area contributed by atoms with Gasteiger partial charge in [0, 0.05) is 17.9 Å². The Balaban J connectivity index is 2.47. The topological polar surface area (TPSA) is 61.0 Å². The van der Waals surface area contributed by atoms with E-state index in [4.69, 9.17) is 10.5 Å². The second-order valence-electron chi connectivity index (χ2n) is 4.72. The lowest BCUT2D eigenvalue weighted by molar-refractivity contribution is 0.194. The largest absolute Gasteiger partial charge is 0.462 e. The van der Waals surface area contributed by atoms with Gasteiger partial charge < -0.3 is 10.5 Å². The van der Waals surface area contributed by atoms with E-state index in [0.717, 1.165) is 10.9 Å². The molecule has 0 aliphatic heterocycles. The molecule has 1 atom stereocenters. The number of halogens is 1. The van der Waals surface area contributed by atoms with Crippen LogP contribution in [0.5, 0.6) is 6.01 Å². The van der Waals surface area contributed by atoms with E-state index in [1.54, 1.807) is 12.4 Å². The highest BCUT2D eigenvalue weighted by Gasteiger charge is 2.21. The second kappa shape index (κ2) is 5.59. The van der Waals surface area contributed by atoms with Crippen molar-refractivity contribution >= 4 is 15.9 Å². The summed E-state index contributed by atoms with van der Waals surface area (Å²) in [7, 11) is 0. The maximum Gasteiger partial charge on any atom is 0.316 e. The molecule has 0 saturated carbocycles. The molecule has 0 amide bonds. The van der Waals surface area contributed by atoms with Gasteiger partial charge in [0.25, 0.3) is 0 Å². The Morgan fingerprint density at radius 1 is 1.44 bits per heavy atom. The van der Waals surface area contributed by atoms with Crippen LogP contribution in [0.15, 0.2) is 16.9 Å². The van der Waals surface area contributed by atoms with Gasteiger partial charge in [-0.2, -0.15) is 0 Å². The first-order chi connectivity index (χ1) is 7.39. The fraction of sp³-hybridized carbons (Fsp3) is 0.636. The summed E-state index contributed by atoms with van der Waals surface area (Å²) in [5.41, 5.74) is 5.76. The molecule has 16 heavy (non-hydrogen) atoms. The van der Waals surface area contributed by atoms with Crippen LogP contribution >= 0.6 is 15.9 Å². The summed E-state index contributed by atoms with van der Waals surface area (Å²) < 4.78 is 6.29. The van der Waals surface area contributed by atoms with Crippen molar-refractivity contribution in [3.05, 3.63) is 16.9 Å². The zero-order valence-corrected chi connectivity index (χ0v) is 11.5. The molecule has 90 valence electrons. The van der Waals surface area contributed by atoms with Crippen LogP contribution in [0.3, 0.4) is 0 Å². The van der Waals surface area contributed by atoms with Crippen molar-refractivity contribution in [1.29, 1.82) is 0 Å². The van der Waals surface area contributed by atoms with Crippen LogP contribution in [-0.4, -0.2) is 22.1 Å². The minimum Gasteiger partial charge on any atom is -0.462 e. The number of ether oxygens (including phenoxy) is 1. The molecule has 0 fully saturated rings. The standard InChI is InChI=1S/C11H18BrN3O/c1-8(2)4-11(3,13)7-16-10-14-5-9(12)6-15-10/h5-6,8H,4,7,13H2,1-3H3/t11-/m0/s1. The van der Waals surface area contributed by atoms with Crippen molar-refractivity contribution in [1.82, 2.24) is 9.97 Å². The minimum atomic E-state index is -0.343. The Kier molecular flexibility index (Phi) is 4.68. The van der Waals surface area contributed by atoms with Gasteiger partial charge in [-0.05, 0) is 35.2 Å². The molecule has 1 heterocycles. The molecule has 0 aliphatic rings. The molecular weight excluding hydrogens is 270 g/mol. The first kappa shape index (κ1) is 13.4. The highest BCUT2D eigenvalue weighted by Crippen LogP contribution is 2.15. The van der Waals surface area contributed by atoms with E-state index >= 15 is 0 Å². The average Bonchev–Trinajstić information content (AvgIpc) is 2.15. The summed E-state index contributed by atoms with van der Waals surface area (Å²) in [6.45, 7) is 6.68. The van der Waals surface area contributed by atoms with Crippen molar-refractivity contribution in [2.45, 2.75) is 32.7 Å². The second-order valence-corrected chi connectivity index (χ2v) is 5.64. The van der Waals surface area contributed by atoms with E-state index in [9.17, 15) is 0 Å². The zero-order valence-electron chi connectivity index (χ0n) is 9.90. The first-order valence-corrected chi connectivity index (χ1v) is 6.07. The Morgan fingerprint density at radius 3 is 2.50 bits per heavy atom. The molecule has 0 aromatic carbocycles. The van der Waals surface area contributed by atoms with Gasteiger partial charge in [-0.15, -0.1) is 0 Å². The van der Waals surface area contributed by atoms with Crippen LogP contribution in [0.2, 0.25) is 0 Å². The van der Waals surface area contributed by atoms with Crippen LogP contribution < -0.4 is 10.5 Å². The Bertz CT molecular complexity index is 325. The van der Waals surface area contributed by atoms with Crippen molar-refractivity contribution in [3.63, 3.8) is 0 Å². The Hall–Kier alpha value is -0.680. The number of aromatic nitrogens is 2. The van der Waals surface area contributed by atoms with Crippen LogP contribution in [0.4, 0.5) is 0 Å². The quantitative estimate of drug-likeness (QED) is 0.903. The fourth-order valence-electron chi connectivity index (χ4n) is 1.60. The lowest BCUT2D eigenvalue weighted by Crippen LogP contribution is -2.43. The molecule has 1 rings (SSSR count). The summed E-state index contributed by atoms with van der Waals surface area (Å²) in [6.07, 6.45) is 4.21. The fourth-order valence-corrected chi connectivity index (χ4v) is 1.80. The van der Waals surface area contributed by atoms with E-state index < -0.39 is 0 Å². The highest BCUT2D eigenvalue weighted by molar-refractivity contribution is 9.10. The van der Waals surface area contributed by atoms with Crippen LogP contribution in [-0.2, 0) is 0 Å². The van der Waals surface area contributed by atoms with Crippen LogP contribution in [0, 0.1) is 5.92 Å². The smallest absolute Gasteiger partial charge is 0.316 e. The maximum atomic E-state index is 6.11. The molecule has 1 aromatic heterocycles. The van der Waals surface area contributed by atoms with Gasteiger partial charge in [0.1, 0.15) is 6.61 Å². The van der Waals surface area contributed by atoms with Crippen molar-refractivity contribution < 1.29 is 4.74 Å². The molecule has 4 nitrogen and oxygen atoms in total. The third-order valence-electron chi connectivity index (χ3n) is 2.00. The third-order valence-corrected chi connectivity index (χ3v) is 2.41.